The van der Waals surface area contributed by atoms with Crippen LogP contribution in [0.2, 0.25) is 0 Å². The van der Waals surface area contributed by atoms with Crippen LogP contribution in [0.1, 0.15) is 31.2 Å². The van der Waals surface area contributed by atoms with E-state index in [1.807, 2.05) is 13.1 Å². The molecule has 6 heteroatoms. The number of hydrogen-bond donors (Lipinski definition) is 1. The molecule has 0 aliphatic carbocycles. The Morgan fingerprint density at radius 2 is 1.91 bits per heavy atom. The highest BCUT2D eigenvalue weighted by molar-refractivity contribution is 5.28. The molecule has 2 aliphatic rings. The third-order valence-corrected chi connectivity index (χ3v) is 4.64. The van der Waals surface area contributed by atoms with Gasteiger partial charge in [-0.1, -0.05) is 12.1 Å². The molecule has 2 unspecified atom stereocenters. The molecule has 0 aromatic heterocycles. The van der Waals surface area contributed by atoms with Gasteiger partial charge in [0.1, 0.15) is 5.75 Å². The highest BCUT2D eigenvalue weighted by Gasteiger charge is 2.35. The lowest BCUT2D eigenvalue weighted by Gasteiger charge is -2.35. The van der Waals surface area contributed by atoms with Crippen LogP contribution in [0.3, 0.4) is 0 Å². The molecule has 3 rings (SSSR count). The Labute approximate surface area is 128 Å². The van der Waals surface area contributed by atoms with E-state index in [9.17, 15) is 13.2 Å². The number of benzene rings is 1. The number of hydrogen-bond acceptors (Lipinski definition) is 3. The monoisotopic (exact) mass is 314 g/mol. The number of nitrogens with zero attached hydrogens (tertiary/aromatic N) is 1. The van der Waals surface area contributed by atoms with Crippen LogP contribution in [-0.2, 0) is 6.54 Å². The minimum Gasteiger partial charge on any atom is -0.406 e. The third-order valence-electron chi connectivity index (χ3n) is 4.64. The molecule has 2 atom stereocenters. The van der Waals surface area contributed by atoms with Crippen molar-refractivity contribution in [1.29, 1.82) is 0 Å². The Morgan fingerprint density at radius 1 is 1.23 bits per heavy atom. The van der Waals surface area contributed by atoms with E-state index in [1.165, 1.54) is 25.0 Å². The van der Waals surface area contributed by atoms with Gasteiger partial charge < -0.3 is 10.1 Å². The van der Waals surface area contributed by atoms with Crippen molar-refractivity contribution in [3.8, 4) is 5.75 Å². The van der Waals surface area contributed by atoms with Crippen LogP contribution in [0.4, 0.5) is 13.2 Å². The zero-order valence-electron chi connectivity index (χ0n) is 12.6. The van der Waals surface area contributed by atoms with Gasteiger partial charge in [0, 0.05) is 24.7 Å². The first-order valence-corrected chi connectivity index (χ1v) is 7.70. The van der Waals surface area contributed by atoms with Crippen molar-refractivity contribution in [1.82, 2.24) is 10.2 Å². The van der Waals surface area contributed by atoms with Crippen molar-refractivity contribution >= 4 is 0 Å². The smallest absolute Gasteiger partial charge is 0.406 e. The van der Waals surface area contributed by atoms with Gasteiger partial charge in [-0.05, 0) is 50.4 Å². The maximum absolute atomic E-state index is 12.3. The van der Waals surface area contributed by atoms with E-state index in [1.54, 1.807) is 6.07 Å². The molecule has 0 amide bonds. The van der Waals surface area contributed by atoms with Crippen molar-refractivity contribution in [3.63, 3.8) is 0 Å². The van der Waals surface area contributed by atoms with E-state index in [-0.39, 0.29) is 5.75 Å². The van der Waals surface area contributed by atoms with Gasteiger partial charge in [-0.3, -0.25) is 4.90 Å². The Balaban J connectivity index is 1.61. The van der Waals surface area contributed by atoms with Crippen LogP contribution < -0.4 is 10.1 Å². The van der Waals surface area contributed by atoms with E-state index in [0.717, 1.165) is 18.4 Å². The van der Waals surface area contributed by atoms with Crippen molar-refractivity contribution < 1.29 is 17.9 Å². The fraction of sp³-hybridized carbons (Fsp3) is 0.625. The number of nitrogens with one attached hydrogen (secondary N) is 1. The minimum atomic E-state index is -4.64. The highest BCUT2D eigenvalue weighted by Crippen LogP contribution is 2.30. The van der Waals surface area contributed by atoms with E-state index in [2.05, 4.69) is 15.0 Å². The fourth-order valence-corrected chi connectivity index (χ4v) is 3.65. The van der Waals surface area contributed by atoms with Crippen molar-refractivity contribution in [2.45, 2.75) is 56.7 Å². The van der Waals surface area contributed by atoms with Crippen molar-refractivity contribution in [3.05, 3.63) is 29.8 Å². The molecule has 2 heterocycles. The predicted octanol–water partition coefficient (Wildman–Crippen LogP) is 3.30. The van der Waals surface area contributed by atoms with Crippen LogP contribution >= 0.6 is 0 Å². The molecular formula is C16H21F3N2O. The zero-order valence-corrected chi connectivity index (χ0v) is 12.6. The first kappa shape index (κ1) is 15.6. The zero-order chi connectivity index (χ0) is 15.7. The molecule has 1 N–H and O–H groups in total. The van der Waals surface area contributed by atoms with E-state index >= 15 is 0 Å². The van der Waals surface area contributed by atoms with Gasteiger partial charge in [-0.25, -0.2) is 0 Å². The molecule has 2 saturated heterocycles. The van der Waals surface area contributed by atoms with Crippen LogP contribution in [0.25, 0.3) is 0 Å². The summed E-state index contributed by atoms with van der Waals surface area (Å²) in [5, 5.41) is 3.60. The molecule has 1 aromatic rings. The summed E-state index contributed by atoms with van der Waals surface area (Å²) in [6.07, 6.45) is 0.0735. The van der Waals surface area contributed by atoms with Gasteiger partial charge in [0.25, 0.3) is 0 Å². The Morgan fingerprint density at radius 3 is 2.55 bits per heavy atom. The summed E-state index contributed by atoms with van der Waals surface area (Å²) in [7, 11) is 2.05. The Hall–Kier alpha value is -1.27. The second kappa shape index (κ2) is 6.08. The average molecular weight is 314 g/mol. The van der Waals surface area contributed by atoms with Crippen LogP contribution in [0, 0.1) is 0 Å². The molecular weight excluding hydrogens is 293 g/mol. The van der Waals surface area contributed by atoms with Gasteiger partial charge in [0.15, 0.2) is 0 Å². The van der Waals surface area contributed by atoms with Crippen LogP contribution in [-0.4, -0.2) is 36.4 Å². The van der Waals surface area contributed by atoms with E-state index < -0.39 is 6.36 Å². The van der Waals surface area contributed by atoms with Crippen LogP contribution in [0.5, 0.6) is 5.75 Å². The molecule has 0 saturated carbocycles. The number of rotatable bonds is 4. The molecule has 2 fully saturated rings. The number of piperidine rings is 1. The Kier molecular flexibility index (Phi) is 4.32. The lowest BCUT2D eigenvalue weighted by Crippen LogP contribution is -2.46. The summed E-state index contributed by atoms with van der Waals surface area (Å²) >= 11 is 0. The summed E-state index contributed by atoms with van der Waals surface area (Å²) in [5.74, 6) is -0.149. The first-order valence-electron chi connectivity index (χ1n) is 7.70. The number of alkyl halides is 3. The molecule has 2 bridgehead atoms. The molecule has 0 spiro atoms. The SMILES string of the molecule is CN(Cc1cccc(OC(F)(F)F)c1)C1CC2CCC(C1)N2. The second-order valence-corrected chi connectivity index (χ2v) is 6.37. The third kappa shape index (κ3) is 3.93. The van der Waals surface area contributed by atoms with Crippen molar-refractivity contribution in [2.24, 2.45) is 0 Å². The summed E-state index contributed by atoms with van der Waals surface area (Å²) in [6, 6.07) is 7.95. The molecule has 2 aliphatic heterocycles. The molecule has 122 valence electrons. The largest absolute Gasteiger partial charge is 0.573 e. The minimum absolute atomic E-state index is 0.149. The topological polar surface area (TPSA) is 24.5 Å². The molecule has 0 radical (unpaired) electrons. The highest BCUT2D eigenvalue weighted by atomic mass is 19.4. The van der Waals surface area contributed by atoms with Gasteiger partial charge >= 0.3 is 6.36 Å². The van der Waals surface area contributed by atoms with E-state index in [0.29, 0.717) is 24.7 Å². The lowest BCUT2D eigenvalue weighted by molar-refractivity contribution is -0.274. The number of fused-ring (bicyclic) bond motifs is 2. The van der Waals surface area contributed by atoms with Gasteiger partial charge in [0.2, 0.25) is 0 Å². The quantitative estimate of drug-likeness (QED) is 0.923. The van der Waals surface area contributed by atoms with Gasteiger partial charge in [0.05, 0.1) is 0 Å². The summed E-state index contributed by atoms with van der Waals surface area (Å²) < 4.78 is 40.8. The summed E-state index contributed by atoms with van der Waals surface area (Å²) in [6.45, 7) is 0.638. The van der Waals surface area contributed by atoms with E-state index in [4.69, 9.17) is 0 Å². The summed E-state index contributed by atoms with van der Waals surface area (Å²) in [4.78, 5) is 2.25. The fourth-order valence-electron chi connectivity index (χ4n) is 3.65. The molecule has 22 heavy (non-hydrogen) atoms. The number of halogens is 3. The average Bonchev–Trinajstić information content (AvgIpc) is 2.76. The standard InChI is InChI=1S/C16H21F3N2O/c1-21(14-8-12-5-6-13(9-14)20-12)10-11-3-2-4-15(7-11)22-16(17,18)19/h2-4,7,12-14,20H,5-6,8-10H2,1H3. The molecule has 1 aromatic carbocycles. The lowest BCUT2D eigenvalue weighted by atomic mass is 9.98. The normalized spacial score (nSPS) is 28.1. The first-order chi connectivity index (χ1) is 10.4. The van der Waals surface area contributed by atoms with Gasteiger partial charge in [-0.15, -0.1) is 13.2 Å². The summed E-state index contributed by atoms with van der Waals surface area (Å²) in [5.41, 5.74) is 0.843. The Bertz CT molecular complexity index is 508. The predicted molar refractivity (Wildman–Crippen MR) is 77.6 cm³/mol. The maximum atomic E-state index is 12.3. The molecule has 3 nitrogen and oxygen atoms in total. The van der Waals surface area contributed by atoms with Gasteiger partial charge in [-0.2, -0.15) is 0 Å². The maximum Gasteiger partial charge on any atom is 0.573 e. The van der Waals surface area contributed by atoms with Crippen LogP contribution in [0.15, 0.2) is 24.3 Å². The van der Waals surface area contributed by atoms with Crippen molar-refractivity contribution in [2.75, 3.05) is 7.05 Å². The number of ether oxygens (including phenoxy) is 1. The second-order valence-electron chi connectivity index (χ2n) is 6.37.